The SMILES string of the molecule is COc1ccc(N2CCN(CC(=O)N[C@H](C)c3ccc4c(c3)CCCC4)CC2)cc1. The number of aryl methyl sites for hydroxylation is 2. The van der Waals surface area contributed by atoms with E-state index in [1.807, 2.05) is 12.1 Å². The molecule has 1 N–H and O–H groups in total. The maximum Gasteiger partial charge on any atom is 0.234 e. The van der Waals surface area contributed by atoms with Crippen molar-refractivity contribution in [1.82, 2.24) is 10.2 Å². The smallest absolute Gasteiger partial charge is 0.234 e. The monoisotopic (exact) mass is 407 g/mol. The largest absolute Gasteiger partial charge is 0.497 e. The maximum atomic E-state index is 12.6. The van der Waals surface area contributed by atoms with Gasteiger partial charge in [-0.25, -0.2) is 0 Å². The van der Waals surface area contributed by atoms with Gasteiger partial charge in [-0.15, -0.1) is 0 Å². The van der Waals surface area contributed by atoms with Gasteiger partial charge in [0.15, 0.2) is 0 Å². The number of benzene rings is 2. The first kappa shape index (κ1) is 20.7. The molecule has 1 fully saturated rings. The number of nitrogens with one attached hydrogen (secondary N) is 1. The molecule has 1 aliphatic heterocycles. The van der Waals surface area contributed by atoms with Crippen molar-refractivity contribution in [2.75, 3.05) is 44.7 Å². The summed E-state index contributed by atoms with van der Waals surface area (Å²) in [6.07, 6.45) is 4.94. The molecule has 0 saturated carbocycles. The van der Waals surface area contributed by atoms with Gasteiger partial charge >= 0.3 is 0 Å². The highest BCUT2D eigenvalue weighted by Crippen LogP contribution is 2.25. The minimum Gasteiger partial charge on any atom is -0.497 e. The van der Waals surface area contributed by atoms with Crippen LogP contribution in [0.25, 0.3) is 0 Å². The molecule has 0 bridgehead atoms. The third kappa shape index (κ3) is 4.96. The summed E-state index contributed by atoms with van der Waals surface area (Å²) in [5.41, 5.74) is 5.38. The van der Waals surface area contributed by atoms with E-state index in [-0.39, 0.29) is 11.9 Å². The van der Waals surface area contributed by atoms with Gasteiger partial charge in [-0.3, -0.25) is 9.69 Å². The van der Waals surface area contributed by atoms with E-state index in [1.54, 1.807) is 7.11 Å². The third-order valence-corrected chi connectivity index (χ3v) is 6.43. The first-order valence-corrected chi connectivity index (χ1v) is 11.1. The highest BCUT2D eigenvalue weighted by molar-refractivity contribution is 5.78. The zero-order valence-corrected chi connectivity index (χ0v) is 18.2. The molecule has 1 aliphatic carbocycles. The Balaban J connectivity index is 1.25. The molecule has 1 amide bonds. The van der Waals surface area contributed by atoms with Gasteiger partial charge in [0.05, 0.1) is 19.7 Å². The summed E-state index contributed by atoms with van der Waals surface area (Å²) < 4.78 is 5.24. The van der Waals surface area contributed by atoms with Crippen LogP contribution in [0.4, 0.5) is 5.69 Å². The second kappa shape index (κ2) is 9.52. The number of ether oxygens (including phenoxy) is 1. The van der Waals surface area contributed by atoms with Gasteiger partial charge in [0.1, 0.15) is 5.75 Å². The fourth-order valence-electron chi connectivity index (χ4n) is 4.55. The molecule has 0 aromatic heterocycles. The zero-order valence-electron chi connectivity index (χ0n) is 18.2. The predicted octanol–water partition coefficient (Wildman–Crippen LogP) is 3.57. The normalized spacial score (nSPS) is 17.9. The Hall–Kier alpha value is -2.53. The molecule has 1 saturated heterocycles. The molecule has 5 heteroatoms. The summed E-state index contributed by atoms with van der Waals surface area (Å²) in [7, 11) is 1.69. The number of anilines is 1. The number of rotatable bonds is 6. The second-order valence-corrected chi connectivity index (χ2v) is 8.49. The van der Waals surface area contributed by atoms with Crippen LogP contribution in [0, 0.1) is 0 Å². The van der Waals surface area contributed by atoms with Crippen LogP contribution < -0.4 is 15.0 Å². The second-order valence-electron chi connectivity index (χ2n) is 8.49. The lowest BCUT2D eigenvalue weighted by molar-refractivity contribution is -0.123. The van der Waals surface area contributed by atoms with Gasteiger partial charge < -0.3 is 15.0 Å². The lowest BCUT2D eigenvalue weighted by atomic mass is 9.89. The number of piperazine rings is 1. The van der Waals surface area contributed by atoms with Gasteiger partial charge in [0, 0.05) is 31.9 Å². The molecule has 1 atom stereocenters. The molecule has 0 unspecified atom stereocenters. The number of hydrogen-bond acceptors (Lipinski definition) is 4. The summed E-state index contributed by atoms with van der Waals surface area (Å²) in [5, 5.41) is 3.20. The van der Waals surface area contributed by atoms with E-state index < -0.39 is 0 Å². The number of carbonyl (C=O) groups excluding carboxylic acids is 1. The van der Waals surface area contributed by atoms with Crippen molar-refractivity contribution < 1.29 is 9.53 Å². The van der Waals surface area contributed by atoms with Crippen LogP contribution in [0.5, 0.6) is 5.75 Å². The van der Waals surface area contributed by atoms with Crippen LogP contribution >= 0.6 is 0 Å². The van der Waals surface area contributed by atoms with Crippen molar-refractivity contribution in [3.8, 4) is 5.75 Å². The molecular weight excluding hydrogens is 374 g/mol. The van der Waals surface area contributed by atoms with E-state index in [0.717, 1.165) is 31.9 Å². The van der Waals surface area contributed by atoms with Gasteiger partial charge in [-0.05, 0) is 73.6 Å². The molecular formula is C25H33N3O2. The van der Waals surface area contributed by atoms with E-state index in [4.69, 9.17) is 4.74 Å². The van der Waals surface area contributed by atoms with Crippen LogP contribution in [0.15, 0.2) is 42.5 Å². The average molecular weight is 408 g/mol. The molecule has 30 heavy (non-hydrogen) atoms. The minimum atomic E-state index is 0.0466. The quantitative estimate of drug-likeness (QED) is 0.795. The Bertz CT molecular complexity index is 857. The minimum absolute atomic E-state index is 0.0466. The van der Waals surface area contributed by atoms with E-state index >= 15 is 0 Å². The topological polar surface area (TPSA) is 44.8 Å². The number of fused-ring (bicyclic) bond motifs is 1. The van der Waals surface area contributed by atoms with Crippen molar-refractivity contribution in [3.05, 3.63) is 59.2 Å². The van der Waals surface area contributed by atoms with Crippen molar-refractivity contribution in [2.24, 2.45) is 0 Å². The van der Waals surface area contributed by atoms with Gasteiger partial charge in [0.2, 0.25) is 5.91 Å². The summed E-state index contributed by atoms with van der Waals surface area (Å²) in [6, 6.07) is 15.0. The fraction of sp³-hybridized carbons (Fsp3) is 0.480. The summed E-state index contributed by atoms with van der Waals surface area (Å²) in [4.78, 5) is 17.2. The molecule has 160 valence electrons. The van der Waals surface area contributed by atoms with Crippen LogP contribution in [0.3, 0.4) is 0 Å². The van der Waals surface area contributed by atoms with Crippen LogP contribution in [-0.2, 0) is 17.6 Å². The predicted molar refractivity (Wildman–Crippen MR) is 121 cm³/mol. The molecule has 0 radical (unpaired) electrons. The number of carbonyl (C=O) groups is 1. The third-order valence-electron chi connectivity index (χ3n) is 6.43. The molecule has 4 rings (SSSR count). The zero-order chi connectivity index (χ0) is 20.9. The molecule has 2 aliphatic rings. The molecule has 1 heterocycles. The van der Waals surface area contributed by atoms with E-state index in [1.165, 1.54) is 48.1 Å². The summed E-state index contributed by atoms with van der Waals surface area (Å²) in [6.45, 7) is 6.20. The van der Waals surface area contributed by atoms with E-state index in [2.05, 4.69) is 52.4 Å². The van der Waals surface area contributed by atoms with Crippen molar-refractivity contribution in [3.63, 3.8) is 0 Å². The lowest BCUT2D eigenvalue weighted by Crippen LogP contribution is -2.49. The standard InChI is InChI=1S/C25H33N3O2/c1-19(21-8-7-20-5-3-4-6-22(20)17-21)26-25(29)18-27-13-15-28(16-14-27)23-9-11-24(30-2)12-10-23/h7-12,17,19H,3-6,13-16,18H2,1-2H3,(H,26,29)/t19-/m1/s1. The van der Waals surface area contributed by atoms with Gasteiger partial charge in [0.25, 0.3) is 0 Å². The average Bonchev–Trinajstić information content (AvgIpc) is 2.79. The van der Waals surface area contributed by atoms with Crippen LogP contribution in [0.2, 0.25) is 0 Å². The highest BCUT2D eigenvalue weighted by atomic mass is 16.5. The van der Waals surface area contributed by atoms with Crippen LogP contribution in [0.1, 0.15) is 42.5 Å². The van der Waals surface area contributed by atoms with E-state index in [0.29, 0.717) is 6.54 Å². The fourth-order valence-corrected chi connectivity index (χ4v) is 4.55. The number of hydrogen-bond donors (Lipinski definition) is 1. The number of methoxy groups -OCH3 is 1. The van der Waals surface area contributed by atoms with Crippen molar-refractivity contribution in [1.29, 1.82) is 0 Å². The Morgan fingerprint density at radius 3 is 2.40 bits per heavy atom. The molecule has 5 nitrogen and oxygen atoms in total. The van der Waals surface area contributed by atoms with Gasteiger partial charge in [-0.1, -0.05) is 18.2 Å². The first-order chi connectivity index (χ1) is 14.6. The lowest BCUT2D eigenvalue weighted by Gasteiger charge is -2.36. The maximum absolute atomic E-state index is 12.6. The molecule has 0 spiro atoms. The summed E-state index contributed by atoms with van der Waals surface area (Å²) in [5.74, 6) is 0.986. The first-order valence-electron chi connectivity index (χ1n) is 11.1. The Morgan fingerprint density at radius 2 is 1.70 bits per heavy atom. The number of amides is 1. The molecule has 2 aromatic rings. The van der Waals surface area contributed by atoms with Crippen LogP contribution in [-0.4, -0.2) is 50.6 Å². The Labute approximate surface area is 180 Å². The van der Waals surface area contributed by atoms with Gasteiger partial charge in [-0.2, -0.15) is 0 Å². The Kier molecular flexibility index (Phi) is 6.58. The molecule has 2 aromatic carbocycles. The number of nitrogens with zero attached hydrogens (tertiary/aromatic N) is 2. The van der Waals surface area contributed by atoms with Crippen molar-refractivity contribution in [2.45, 2.75) is 38.6 Å². The van der Waals surface area contributed by atoms with E-state index in [9.17, 15) is 4.79 Å². The summed E-state index contributed by atoms with van der Waals surface area (Å²) >= 11 is 0. The highest BCUT2D eigenvalue weighted by Gasteiger charge is 2.20. The Morgan fingerprint density at radius 1 is 1.00 bits per heavy atom. The van der Waals surface area contributed by atoms with Crippen molar-refractivity contribution >= 4 is 11.6 Å².